The number of anilines is 3. The van der Waals surface area contributed by atoms with Crippen LogP contribution in [0.15, 0.2) is 48.7 Å². The third kappa shape index (κ3) is 10.9. The average molecular weight is 564 g/mol. The van der Waals surface area contributed by atoms with E-state index < -0.39 is 0 Å². The summed E-state index contributed by atoms with van der Waals surface area (Å²) in [4.78, 5) is 30.6. The van der Waals surface area contributed by atoms with Gasteiger partial charge in [-0.3, -0.25) is 9.78 Å². The Morgan fingerprint density at radius 1 is 0.829 bits per heavy atom. The molecule has 6 N–H and O–H groups in total. The number of aromatic nitrogens is 4. The second-order valence-corrected chi connectivity index (χ2v) is 9.78. The van der Waals surface area contributed by atoms with Crippen LogP contribution >= 0.6 is 0 Å². The van der Waals surface area contributed by atoms with Crippen LogP contribution in [-0.2, 0) is 22.6 Å². The molecule has 1 amide bonds. The highest BCUT2D eigenvalue weighted by molar-refractivity contribution is 5.94. The highest BCUT2D eigenvalue weighted by Gasteiger charge is 2.16. The van der Waals surface area contributed by atoms with Crippen LogP contribution in [0.1, 0.15) is 53.7 Å². The summed E-state index contributed by atoms with van der Waals surface area (Å²) in [5.74, 6) is 1.35. The molecule has 2 heterocycles. The Balaban J connectivity index is 1.28. The number of benzene rings is 1. The zero-order chi connectivity index (χ0) is 28.5. The van der Waals surface area contributed by atoms with Gasteiger partial charge in [-0.1, -0.05) is 37.5 Å². The molecule has 0 saturated heterocycles. The van der Waals surface area contributed by atoms with Crippen LogP contribution in [0.2, 0.25) is 0 Å². The normalized spacial score (nSPS) is 13.5. The van der Waals surface area contributed by atoms with Gasteiger partial charge in [0.2, 0.25) is 17.8 Å². The van der Waals surface area contributed by atoms with E-state index in [-0.39, 0.29) is 5.91 Å². The minimum atomic E-state index is -0.146. The van der Waals surface area contributed by atoms with Gasteiger partial charge in [-0.05, 0) is 42.7 Å². The highest BCUT2D eigenvalue weighted by atomic mass is 16.5. The summed E-state index contributed by atoms with van der Waals surface area (Å²) in [6, 6.07) is 13.6. The molecule has 12 nitrogen and oxygen atoms in total. The fraction of sp³-hybridized carbons (Fsp3) is 0.483. The van der Waals surface area contributed by atoms with E-state index in [4.69, 9.17) is 15.2 Å². The molecule has 1 aliphatic rings. The first kappa shape index (κ1) is 30.1. The van der Waals surface area contributed by atoms with Crippen LogP contribution in [0.3, 0.4) is 0 Å². The van der Waals surface area contributed by atoms with Crippen molar-refractivity contribution in [1.82, 2.24) is 25.3 Å². The second kappa shape index (κ2) is 17.1. The lowest BCUT2D eigenvalue weighted by molar-refractivity contribution is 0.0511. The maximum absolute atomic E-state index is 12.4. The summed E-state index contributed by atoms with van der Waals surface area (Å²) in [5, 5.41) is 12.9. The highest BCUT2D eigenvalue weighted by Crippen LogP contribution is 2.21. The van der Waals surface area contributed by atoms with E-state index in [0.717, 1.165) is 24.1 Å². The fourth-order valence-corrected chi connectivity index (χ4v) is 4.40. The Labute approximate surface area is 241 Å². The van der Waals surface area contributed by atoms with Gasteiger partial charge in [-0.15, -0.1) is 0 Å². The standard InChI is InChI=1S/C29H41N9O3/c30-13-16-40-18-19-41-17-15-32-26(39)23-11-9-22(10-12-23)20-33-27-36-28(34-21-25-8-4-5-14-31-25)38-29(37-27)35-24-6-2-1-3-7-24/h4-5,8-12,14,24H,1-3,6-7,13,15-21,30H2,(H,32,39)(H3,33,34,35,36,37,38). The summed E-state index contributed by atoms with van der Waals surface area (Å²) in [5.41, 5.74) is 7.84. The Kier molecular flexibility index (Phi) is 12.5. The number of hydrogen-bond acceptors (Lipinski definition) is 11. The second-order valence-electron chi connectivity index (χ2n) is 9.78. The quantitative estimate of drug-likeness (QED) is 0.154. The molecule has 12 heteroatoms. The summed E-state index contributed by atoms with van der Waals surface area (Å²) >= 11 is 0. The Morgan fingerprint density at radius 2 is 1.54 bits per heavy atom. The minimum Gasteiger partial charge on any atom is -0.378 e. The number of pyridine rings is 1. The number of nitrogens with one attached hydrogen (secondary N) is 4. The van der Waals surface area contributed by atoms with Gasteiger partial charge < -0.3 is 36.5 Å². The molecule has 0 aliphatic heterocycles. The lowest BCUT2D eigenvalue weighted by Gasteiger charge is -2.23. The van der Waals surface area contributed by atoms with Gasteiger partial charge in [0.15, 0.2) is 0 Å². The number of hydrogen-bond donors (Lipinski definition) is 5. The minimum absolute atomic E-state index is 0.146. The van der Waals surface area contributed by atoms with Crippen molar-refractivity contribution in [1.29, 1.82) is 0 Å². The summed E-state index contributed by atoms with van der Waals surface area (Å²) in [7, 11) is 0. The van der Waals surface area contributed by atoms with Crippen LogP contribution in [-0.4, -0.2) is 71.4 Å². The predicted molar refractivity (Wildman–Crippen MR) is 159 cm³/mol. The molecule has 0 bridgehead atoms. The van der Waals surface area contributed by atoms with Crippen LogP contribution < -0.4 is 27.0 Å². The van der Waals surface area contributed by atoms with Crippen molar-refractivity contribution in [3.8, 4) is 0 Å². The molecular formula is C29H41N9O3. The molecule has 1 saturated carbocycles. The zero-order valence-electron chi connectivity index (χ0n) is 23.5. The number of ether oxygens (including phenoxy) is 2. The van der Waals surface area contributed by atoms with Gasteiger partial charge >= 0.3 is 0 Å². The van der Waals surface area contributed by atoms with Gasteiger partial charge in [0.1, 0.15) is 0 Å². The van der Waals surface area contributed by atoms with E-state index in [0.29, 0.717) is 82.1 Å². The lowest BCUT2D eigenvalue weighted by atomic mass is 9.96. The van der Waals surface area contributed by atoms with Crippen LogP contribution in [0.4, 0.5) is 17.8 Å². The van der Waals surface area contributed by atoms with Crippen molar-refractivity contribution < 1.29 is 14.3 Å². The average Bonchev–Trinajstić information content (AvgIpc) is 3.01. The van der Waals surface area contributed by atoms with E-state index in [2.05, 4.69) is 41.2 Å². The molecule has 1 aliphatic carbocycles. The molecule has 4 rings (SSSR count). The number of rotatable bonds is 17. The molecule has 3 aromatic rings. The Hall–Kier alpha value is -3.87. The third-order valence-corrected chi connectivity index (χ3v) is 6.56. The summed E-state index contributed by atoms with van der Waals surface area (Å²) in [6.07, 6.45) is 7.70. The number of amides is 1. The first-order chi connectivity index (χ1) is 20.2. The monoisotopic (exact) mass is 563 g/mol. The Bertz CT molecular complexity index is 1180. The van der Waals surface area contributed by atoms with Crippen molar-refractivity contribution in [2.75, 3.05) is 55.5 Å². The van der Waals surface area contributed by atoms with Gasteiger partial charge in [-0.25, -0.2) is 0 Å². The topological polar surface area (TPSA) is 161 Å². The van der Waals surface area contributed by atoms with E-state index in [1.807, 2.05) is 30.3 Å². The smallest absolute Gasteiger partial charge is 0.251 e. The number of nitrogens with zero attached hydrogens (tertiary/aromatic N) is 4. The molecule has 41 heavy (non-hydrogen) atoms. The molecule has 2 aromatic heterocycles. The maximum atomic E-state index is 12.4. The molecule has 1 fully saturated rings. The van der Waals surface area contributed by atoms with E-state index in [1.165, 1.54) is 19.3 Å². The van der Waals surface area contributed by atoms with Crippen molar-refractivity contribution in [3.63, 3.8) is 0 Å². The van der Waals surface area contributed by atoms with Crippen molar-refractivity contribution in [2.45, 2.75) is 51.2 Å². The van der Waals surface area contributed by atoms with E-state index in [1.54, 1.807) is 18.3 Å². The van der Waals surface area contributed by atoms with E-state index in [9.17, 15) is 4.79 Å². The van der Waals surface area contributed by atoms with Crippen molar-refractivity contribution in [2.24, 2.45) is 5.73 Å². The maximum Gasteiger partial charge on any atom is 0.251 e. The number of carbonyl (C=O) groups excluding carboxylic acids is 1. The molecule has 1 aromatic carbocycles. The molecule has 0 atom stereocenters. The van der Waals surface area contributed by atoms with Crippen LogP contribution in [0.5, 0.6) is 0 Å². The van der Waals surface area contributed by atoms with Crippen LogP contribution in [0.25, 0.3) is 0 Å². The predicted octanol–water partition coefficient (Wildman–Crippen LogP) is 2.96. The van der Waals surface area contributed by atoms with Crippen LogP contribution in [0, 0.1) is 0 Å². The molecule has 0 radical (unpaired) electrons. The van der Waals surface area contributed by atoms with E-state index >= 15 is 0 Å². The van der Waals surface area contributed by atoms with Gasteiger partial charge in [0.05, 0.1) is 38.7 Å². The van der Waals surface area contributed by atoms with Gasteiger partial charge in [0, 0.05) is 37.4 Å². The third-order valence-electron chi connectivity index (χ3n) is 6.56. The number of nitrogens with two attached hydrogens (primary N) is 1. The van der Waals surface area contributed by atoms with Gasteiger partial charge in [-0.2, -0.15) is 15.0 Å². The fourth-order valence-electron chi connectivity index (χ4n) is 4.40. The van der Waals surface area contributed by atoms with Gasteiger partial charge in [0.25, 0.3) is 5.91 Å². The molecule has 0 spiro atoms. The Morgan fingerprint density at radius 3 is 2.24 bits per heavy atom. The summed E-state index contributed by atoms with van der Waals surface area (Å²) in [6.45, 7) is 3.82. The molecule has 220 valence electrons. The SMILES string of the molecule is NCCOCCOCCNC(=O)c1ccc(CNc2nc(NCc3ccccn3)nc(NC3CCCCC3)n2)cc1. The largest absolute Gasteiger partial charge is 0.378 e. The number of carbonyl (C=O) groups is 1. The first-order valence-electron chi connectivity index (χ1n) is 14.3. The van der Waals surface area contributed by atoms with Crippen molar-refractivity contribution >= 4 is 23.8 Å². The summed E-state index contributed by atoms with van der Waals surface area (Å²) < 4.78 is 10.7. The molecule has 0 unspecified atom stereocenters. The van der Waals surface area contributed by atoms with Crippen molar-refractivity contribution in [3.05, 3.63) is 65.5 Å². The first-order valence-corrected chi connectivity index (χ1v) is 14.3. The zero-order valence-corrected chi connectivity index (χ0v) is 23.5. The lowest BCUT2D eigenvalue weighted by Crippen LogP contribution is -2.27. The molecular weight excluding hydrogens is 522 g/mol.